The Labute approximate surface area is 301 Å². The standard InChI is InChI=1S/C24H15FNS.C17H22NSi.Ir/c1-15-14-26-22(13-21(15)16-6-3-2-4-7-16)20-9-5-8-19-18-11-10-17(25)12-23(18)27-24(19)20;1-13(2)15-11-16(14-9-7-6-8-10-14)18-12-17(15)19(3,4)5;/h2-8,10-14H,1H3;6-9,11-13H,1-5H3;/q2*-1;/i1D3;13D;. The zero-order valence-electron chi connectivity index (χ0n) is 30.9. The number of halogens is 1. The van der Waals surface area contributed by atoms with Crippen LogP contribution in [0.2, 0.25) is 19.6 Å². The molecule has 0 saturated heterocycles. The van der Waals surface area contributed by atoms with Crippen LogP contribution in [0.3, 0.4) is 0 Å². The fourth-order valence-electron chi connectivity index (χ4n) is 5.52. The molecule has 0 saturated carbocycles. The van der Waals surface area contributed by atoms with Crippen molar-refractivity contribution in [2.45, 2.75) is 46.2 Å². The Morgan fingerprint density at radius 2 is 1.60 bits per heavy atom. The average molecular weight is 833 g/mol. The van der Waals surface area contributed by atoms with E-state index < -0.39 is 20.8 Å². The fourth-order valence-corrected chi connectivity index (χ4v) is 8.34. The van der Waals surface area contributed by atoms with Crippen molar-refractivity contribution in [1.29, 1.82) is 0 Å². The third kappa shape index (κ3) is 7.52. The van der Waals surface area contributed by atoms with Crippen molar-refractivity contribution in [2.75, 3.05) is 0 Å². The Kier molecular flexibility index (Phi) is 9.07. The van der Waals surface area contributed by atoms with Gasteiger partial charge in [-0.3, -0.25) is 0 Å². The van der Waals surface area contributed by atoms with Gasteiger partial charge < -0.3 is 9.97 Å². The van der Waals surface area contributed by atoms with Crippen molar-refractivity contribution in [1.82, 2.24) is 9.97 Å². The minimum atomic E-state index is -2.28. The smallest absolute Gasteiger partial charge is 0.124 e. The molecule has 0 atom stereocenters. The van der Waals surface area contributed by atoms with Crippen molar-refractivity contribution in [3.05, 3.63) is 139 Å². The van der Waals surface area contributed by atoms with Crippen molar-refractivity contribution in [2.24, 2.45) is 0 Å². The summed E-state index contributed by atoms with van der Waals surface area (Å²) < 4.78 is 47.7. The summed E-state index contributed by atoms with van der Waals surface area (Å²) in [6.45, 7) is 8.52. The second-order valence-corrected chi connectivity index (χ2v) is 18.6. The van der Waals surface area contributed by atoms with Gasteiger partial charge in [0.1, 0.15) is 5.82 Å². The van der Waals surface area contributed by atoms with E-state index in [-0.39, 0.29) is 31.5 Å². The van der Waals surface area contributed by atoms with E-state index >= 15 is 0 Å². The van der Waals surface area contributed by atoms with Crippen LogP contribution in [0.4, 0.5) is 4.39 Å². The van der Waals surface area contributed by atoms with Crippen LogP contribution in [0.15, 0.2) is 109 Å². The largest absolute Gasteiger partial charge is 0.305 e. The van der Waals surface area contributed by atoms with Crippen LogP contribution >= 0.6 is 11.3 Å². The van der Waals surface area contributed by atoms with Gasteiger partial charge in [-0.2, -0.15) is 11.3 Å². The first-order chi connectivity index (χ1) is 23.6. The fraction of sp³-hybridized carbons (Fsp3) is 0.171. The quantitative estimate of drug-likeness (QED) is 0.128. The van der Waals surface area contributed by atoms with E-state index in [0.717, 1.165) is 48.1 Å². The summed E-state index contributed by atoms with van der Waals surface area (Å²) in [6, 6.07) is 36.2. The molecule has 0 aliphatic carbocycles. The van der Waals surface area contributed by atoms with Gasteiger partial charge in [0.25, 0.3) is 0 Å². The first kappa shape index (κ1) is 29.3. The number of nitrogens with zero attached hydrogens (tertiary/aromatic N) is 2. The predicted octanol–water partition coefficient (Wildman–Crippen LogP) is 11.2. The summed E-state index contributed by atoms with van der Waals surface area (Å²) in [6.07, 6.45) is 3.42. The molecular formula is C41H37FIrN2SSi-2. The van der Waals surface area contributed by atoms with Crippen molar-refractivity contribution in [3.8, 4) is 33.6 Å². The second kappa shape index (κ2) is 14.5. The van der Waals surface area contributed by atoms with E-state index in [1.165, 1.54) is 34.9 Å². The minimum Gasteiger partial charge on any atom is -0.305 e. The van der Waals surface area contributed by atoms with Crippen molar-refractivity contribution >= 4 is 44.8 Å². The van der Waals surface area contributed by atoms with E-state index in [9.17, 15) is 4.39 Å². The van der Waals surface area contributed by atoms with Gasteiger partial charge in [0, 0.05) is 42.7 Å². The maximum Gasteiger partial charge on any atom is 0.124 e. The monoisotopic (exact) mass is 833 g/mol. The molecule has 3 heterocycles. The summed E-state index contributed by atoms with van der Waals surface area (Å²) >= 11 is 1.49. The molecule has 7 aromatic rings. The first-order valence-electron chi connectivity index (χ1n) is 17.2. The molecule has 0 aliphatic rings. The molecule has 0 amide bonds. The Hall–Kier alpha value is -3.80. The van der Waals surface area contributed by atoms with Crippen molar-refractivity contribution in [3.63, 3.8) is 0 Å². The van der Waals surface area contributed by atoms with Gasteiger partial charge in [0.2, 0.25) is 0 Å². The third-order valence-corrected chi connectivity index (χ3v) is 11.1. The summed E-state index contributed by atoms with van der Waals surface area (Å²) in [5, 5.41) is 3.26. The van der Waals surface area contributed by atoms with Gasteiger partial charge in [0.05, 0.1) is 8.07 Å². The molecule has 0 unspecified atom stereocenters. The van der Waals surface area contributed by atoms with E-state index in [0.29, 0.717) is 11.3 Å². The van der Waals surface area contributed by atoms with Crippen LogP contribution in [-0.2, 0) is 20.1 Å². The van der Waals surface area contributed by atoms with Crippen LogP contribution in [0.1, 0.15) is 36.4 Å². The molecule has 7 rings (SSSR count). The summed E-state index contributed by atoms with van der Waals surface area (Å²) in [7, 11) is -1.50. The molecule has 4 aromatic carbocycles. The van der Waals surface area contributed by atoms with E-state index in [1.807, 2.05) is 92.8 Å². The van der Waals surface area contributed by atoms with Gasteiger partial charge in [-0.05, 0) is 68.2 Å². The number of aryl methyl sites for hydroxylation is 1. The molecule has 0 fully saturated rings. The number of hydrogen-bond acceptors (Lipinski definition) is 3. The maximum absolute atomic E-state index is 13.7. The average Bonchev–Trinajstić information content (AvgIpc) is 3.45. The molecule has 6 heteroatoms. The number of fused-ring (bicyclic) bond motifs is 3. The Morgan fingerprint density at radius 3 is 2.30 bits per heavy atom. The van der Waals surface area contributed by atoms with Gasteiger partial charge in [0.15, 0.2) is 0 Å². The van der Waals surface area contributed by atoms with E-state index in [2.05, 4.69) is 47.8 Å². The number of pyridine rings is 2. The summed E-state index contributed by atoms with van der Waals surface area (Å²) in [4.78, 5) is 9.09. The van der Waals surface area contributed by atoms with Gasteiger partial charge in [-0.1, -0.05) is 93.0 Å². The number of hydrogen-bond donors (Lipinski definition) is 0. The zero-order chi connectivity index (χ0) is 35.8. The number of aromatic nitrogens is 2. The van der Waals surface area contributed by atoms with Crippen LogP contribution < -0.4 is 5.19 Å². The van der Waals surface area contributed by atoms with Gasteiger partial charge >= 0.3 is 0 Å². The molecule has 0 spiro atoms. The van der Waals surface area contributed by atoms with Crippen LogP contribution in [0, 0.1) is 24.8 Å². The molecule has 239 valence electrons. The number of rotatable bonds is 5. The van der Waals surface area contributed by atoms with Crippen LogP contribution in [0.25, 0.3) is 53.8 Å². The first-order valence-corrected chi connectivity index (χ1v) is 19.5. The Bertz CT molecular complexity index is 2300. The minimum absolute atomic E-state index is 0. The van der Waals surface area contributed by atoms with E-state index in [4.69, 9.17) is 5.48 Å². The maximum atomic E-state index is 13.7. The molecule has 3 aromatic heterocycles. The molecule has 1 radical (unpaired) electrons. The topological polar surface area (TPSA) is 25.8 Å². The molecule has 47 heavy (non-hydrogen) atoms. The molecule has 0 aliphatic heterocycles. The van der Waals surface area contributed by atoms with E-state index in [1.54, 1.807) is 6.07 Å². The Balaban J connectivity index is 0.000000211. The third-order valence-electron chi connectivity index (χ3n) is 7.88. The van der Waals surface area contributed by atoms with Gasteiger partial charge in [-0.15, -0.1) is 59.7 Å². The summed E-state index contributed by atoms with van der Waals surface area (Å²) in [5.41, 5.74) is 6.06. The normalized spacial score (nSPS) is 13.1. The van der Waals surface area contributed by atoms with Crippen LogP contribution in [-0.4, -0.2) is 18.0 Å². The predicted molar refractivity (Wildman–Crippen MR) is 197 cm³/mol. The molecule has 2 nitrogen and oxygen atoms in total. The SMILES string of the molecule is [2H]C(C)(C)c1cc(-c2[c-]cccc2)ncc1[Si](C)(C)C.[2H]C([2H])([2H])c1cnc(-c2[c-]ccc3c2sc2cc(F)ccc23)cc1-c1ccccc1.[Ir]. The Morgan fingerprint density at radius 1 is 0.830 bits per heavy atom. The van der Waals surface area contributed by atoms with Gasteiger partial charge in [-0.25, -0.2) is 4.39 Å². The molecule has 0 N–H and O–H groups in total. The number of benzene rings is 4. The molecule has 0 bridgehead atoms. The molecular weight excluding hydrogens is 792 g/mol. The summed E-state index contributed by atoms with van der Waals surface area (Å²) in [5.74, 6) is -0.881. The zero-order valence-corrected chi connectivity index (χ0v) is 31.1. The number of thiophene rings is 1. The second-order valence-electron chi connectivity index (χ2n) is 12.5. The van der Waals surface area contributed by atoms with Crippen LogP contribution in [0.5, 0.6) is 0 Å². The van der Waals surface area contributed by atoms with Crippen molar-refractivity contribution < 1.29 is 30.0 Å².